The zero-order chi connectivity index (χ0) is 6.69. The summed E-state index contributed by atoms with van der Waals surface area (Å²) in [5.41, 5.74) is 0. The van der Waals surface area contributed by atoms with Gasteiger partial charge in [0.25, 0.3) is 0 Å². The third-order valence-corrected chi connectivity index (χ3v) is 2.08. The van der Waals surface area contributed by atoms with Crippen LogP contribution in [0.25, 0.3) is 0 Å². The van der Waals surface area contributed by atoms with Gasteiger partial charge < -0.3 is 5.11 Å². The van der Waals surface area contributed by atoms with Crippen LogP contribution in [0.2, 0.25) is 0 Å². The largest absolute Gasteiger partial charge is 0.396 e. The summed E-state index contributed by atoms with van der Waals surface area (Å²) in [6.45, 7) is 2.48. The second-order valence-electron chi connectivity index (χ2n) is 3.31. The minimum atomic E-state index is 0.368. The molecule has 1 heteroatoms. The van der Waals surface area contributed by atoms with Crippen LogP contribution in [0, 0.1) is 11.8 Å². The number of hydrogen-bond acceptors (Lipinski definition) is 1. The van der Waals surface area contributed by atoms with Gasteiger partial charge in [0.1, 0.15) is 0 Å². The Morgan fingerprint density at radius 1 is 1.56 bits per heavy atom. The van der Waals surface area contributed by atoms with E-state index < -0.39 is 0 Å². The summed E-state index contributed by atoms with van der Waals surface area (Å²) >= 11 is 0. The van der Waals surface area contributed by atoms with Crippen LogP contribution in [0.3, 0.4) is 0 Å². The van der Waals surface area contributed by atoms with Gasteiger partial charge >= 0.3 is 0 Å². The van der Waals surface area contributed by atoms with Crippen LogP contribution in [0.1, 0.15) is 32.6 Å². The minimum absolute atomic E-state index is 0.368. The van der Waals surface area contributed by atoms with Crippen molar-refractivity contribution in [1.29, 1.82) is 0 Å². The van der Waals surface area contributed by atoms with Crippen molar-refractivity contribution in [2.45, 2.75) is 32.6 Å². The summed E-state index contributed by atoms with van der Waals surface area (Å²) in [6, 6.07) is 0. The van der Waals surface area contributed by atoms with Crippen molar-refractivity contribution in [2.24, 2.45) is 11.8 Å². The fourth-order valence-corrected chi connectivity index (χ4v) is 1.02. The number of aliphatic hydroxyl groups is 1. The van der Waals surface area contributed by atoms with Gasteiger partial charge in [-0.25, -0.2) is 0 Å². The Balaban J connectivity index is 1.90. The molecule has 0 aromatic heterocycles. The molecule has 1 nitrogen and oxygen atoms in total. The molecule has 0 heterocycles. The Hall–Kier alpha value is -0.0400. The topological polar surface area (TPSA) is 20.2 Å². The molecule has 0 spiro atoms. The van der Waals surface area contributed by atoms with Gasteiger partial charge in [0.2, 0.25) is 0 Å². The quantitative estimate of drug-likeness (QED) is 0.612. The second kappa shape index (κ2) is 3.21. The van der Waals surface area contributed by atoms with E-state index >= 15 is 0 Å². The van der Waals surface area contributed by atoms with Gasteiger partial charge in [0.05, 0.1) is 0 Å². The highest BCUT2D eigenvalue weighted by Crippen LogP contribution is 2.34. The maximum Gasteiger partial charge on any atom is 0.0456 e. The summed E-state index contributed by atoms with van der Waals surface area (Å²) in [6.07, 6.45) is 5.46. The Labute approximate surface area is 57.1 Å². The van der Waals surface area contributed by atoms with Crippen LogP contribution >= 0.6 is 0 Å². The molecular weight excluding hydrogens is 112 g/mol. The van der Waals surface area contributed by atoms with Gasteiger partial charge in [-0.1, -0.05) is 26.2 Å². The molecule has 0 aromatic rings. The molecule has 1 fully saturated rings. The smallest absolute Gasteiger partial charge is 0.0456 e. The highest BCUT2D eigenvalue weighted by atomic mass is 16.3. The van der Waals surface area contributed by atoms with Crippen molar-refractivity contribution < 1.29 is 5.11 Å². The molecule has 0 unspecified atom stereocenters. The minimum Gasteiger partial charge on any atom is -0.396 e. The highest BCUT2D eigenvalue weighted by Gasteiger charge is 2.20. The lowest BCUT2D eigenvalue weighted by molar-refractivity contribution is 0.226. The molecule has 1 aliphatic rings. The second-order valence-corrected chi connectivity index (χ2v) is 3.31. The van der Waals surface area contributed by atoms with E-state index in [0.717, 1.165) is 5.92 Å². The average Bonchev–Trinajstić information content (AvgIpc) is 2.65. The monoisotopic (exact) mass is 128 g/mol. The Kier molecular flexibility index (Phi) is 2.52. The molecule has 0 saturated heterocycles. The number of hydrogen-bond donors (Lipinski definition) is 1. The predicted molar refractivity (Wildman–Crippen MR) is 38.2 cm³/mol. The Bertz CT molecular complexity index is 76.6. The molecule has 1 saturated carbocycles. The van der Waals surface area contributed by atoms with Crippen molar-refractivity contribution in [3.63, 3.8) is 0 Å². The van der Waals surface area contributed by atoms with E-state index in [9.17, 15) is 0 Å². The van der Waals surface area contributed by atoms with Crippen molar-refractivity contribution in [3.8, 4) is 0 Å². The zero-order valence-electron chi connectivity index (χ0n) is 6.14. The van der Waals surface area contributed by atoms with Crippen molar-refractivity contribution >= 4 is 0 Å². The van der Waals surface area contributed by atoms with Gasteiger partial charge in [0, 0.05) is 6.61 Å². The molecule has 0 bridgehead atoms. The molecule has 0 radical (unpaired) electrons. The predicted octanol–water partition coefficient (Wildman–Crippen LogP) is 1.80. The summed E-state index contributed by atoms with van der Waals surface area (Å²) < 4.78 is 0. The van der Waals surface area contributed by atoms with Gasteiger partial charge in [-0.15, -0.1) is 0 Å². The maximum absolute atomic E-state index is 8.67. The van der Waals surface area contributed by atoms with E-state index in [4.69, 9.17) is 5.11 Å². The van der Waals surface area contributed by atoms with E-state index in [-0.39, 0.29) is 0 Å². The molecular formula is C8H16O. The lowest BCUT2D eigenvalue weighted by Gasteiger charge is -2.04. The first kappa shape index (κ1) is 7.07. The summed E-state index contributed by atoms with van der Waals surface area (Å²) in [5, 5.41) is 8.67. The molecule has 1 aliphatic carbocycles. The Morgan fingerprint density at radius 3 is 2.67 bits per heavy atom. The van der Waals surface area contributed by atoms with Gasteiger partial charge in [-0.05, 0) is 18.3 Å². The fourth-order valence-electron chi connectivity index (χ4n) is 1.02. The first-order valence-corrected chi connectivity index (χ1v) is 3.93. The van der Waals surface area contributed by atoms with E-state index in [0.29, 0.717) is 12.5 Å². The van der Waals surface area contributed by atoms with Crippen LogP contribution in [0.5, 0.6) is 0 Å². The fraction of sp³-hybridized carbons (Fsp3) is 1.00. The van der Waals surface area contributed by atoms with E-state index in [1.54, 1.807) is 0 Å². The third kappa shape index (κ3) is 2.85. The maximum atomic E-state index is 8.67. The van der Waals surface area contributed by atoms with Crippen LogP contribution in [-0.4, -0.2) is 11.7 Å². The molecule has 0 aromatic carbocycles. The molecule has 9 heavy (non-hydrogen) atoms. The summed E-state index contributed by atoms with van der Waals surface area (Å²) in [4.78, 5) is 0. The van der Waals surface area contributed by atoms with Crippen molar-refractivity contribution in [3.05, 3.63) is 0 Å². The van der Waals surface area contributed by atoms with E-state index in [2.05, 4.69) is 6.92 Å². The van der Waals surface area contributed by atoms with E-state index in [1.165, 1.54) is 25.7 Å². The standard InChI is InChI=1S/C8H16O/c1-7(6-9)2-3-8-4-5-8/h7-9H,2-6H2,1H3/t7-/m1/s1. The van der Waals surface area contributed by atoms with Gasteiger partial charge in [-0.2, -0.15) is 0 Å². The zero-order valence-corrected chi connectivity index (χ0v) is 6.14. The summed E-state index contributed by atoms with van der Waals surface area (Å²) in [5.74, 6) is 1.56. The highest BCUT2D eigenvalue weighted by molar-refractivity contribution is 4.73. The molecule has 54 valence electrons. The lowest BCUT2D eigenvalue weighted by Crippen LogP contribution is -2.00. The van der Waals surface area contributed by atoms with Gasteiger partial charge in [0.15, 0.2) is 0 Å². The van der Waals surface area contributed by atoms with Crippen molar-refractivity contribution in [1.82, 2.24) is 0 Å². The third-order valence-electron chi connectivity index (χ3n) is 2.08. The van der Waals surface area contributed by atoms with E-state index in [1.807, 2.05) is 0 Å². The molecule has 0 aliphatic heterocycles. The Morgan fingerprint density at radius 2 is 2.22 bits per heavy atom. The SMILES string of the molecule is C[C@@H](CO)CCC1CC1. The van der Waals surface area contributed by atoms with Gasteiger partial charge in [-0.3, -0.25) is 0 Å². The molecule has 1 N–H and O–H groups in total. The average molecular weight is 128 g/mol. The normalized spacial score (nSPS) is 22.0. The van der Waals surface area contributed by atoms with Crippen LogP contribution in [-0.2, 0) is 0 Å². The first-order valence-electron chi connectivity index (χ1n) is 3.93. The lowest BCUT2D eigenvalue weighted by atomic mass is 10.1. The molecule has 1 atom stereocenters. The van der Waals surface area contributed by atoms with Crippen LogP contribution in [0.4, 0.5) is 0 Å². The molecule has 1 rings (SSSR count). The number of aliphatic hydroxyl groups excluding tert-OH is 1. The van der Waals surface area contributed by atoms with Crippen LogP contribution < -0.4 is 0 Å². The molecule has 0 amide bonds. The summed E-state index contributed by atoms with van der Waals surface area (Å²) in [7, 11) is 0. The number of rotatable bonds is 4. The van der Waals surface area contributed by atoms with Crippen LogP contribution in [0.15, 0.2) is 0 Å². The first-order chi connectivity index (χ1) is 4.33. The van der Waals surface area contributed by atoms with Crippen molar-refractivity contribution in [2.75, 3.05) is 6.61 Å².